The molecule has 3 aliphatic heterocycles. The number of nitrogens with zero attached hydrogens (tertiary/aromatic N) is 7. The number of hydrogen-bond donors (Lipinski definition) is 0. The number of nitriles is 1. The Hall–Kier alpha value is -3.94. The van der Waals surface area contributed by atoms with E-state index in [0.717, 1.165) is 84.6 Å². The number of amides is 1. The number of aromatic nitrogens is 2. The number of carbonyl (C=O) groups is 1. The van der Waals surface area contributed by atoms with Crippen molar-refractivity contribution >= 4 is 39.8 Å². The molecule has 0 saturated carbocycles. The second-order valence-corrected chi connectivity index (χ2v) is 13.8. The second kappa shape index (κ2) is 12.3. The second-order valence-electron chi connectivity index (χ2n) is 13.4. The van der Waals surface area contributed by atoms with Crippen LogP contribution in [-0.4, -0.2) is 90.7 Å². The van der Waals surface area contributed by atoms with Gasteiger partial charge in [0.05, 0.1) is 29.2 Å². The van der Waals surface area contributed by atoms with Gasteiger partial charge in [-0.25, -0.2) is 4.39 Å². The molecule has 1 amide bonds. The summed E-state index contributed by atoms with van der Waals surface area (Å²) >= 11 is 6.67. The maximum atomic E-state index is 13.8. The molecule has 1 spiro atoms. The Kier molecular flexibility index (Phi) is 8.24. The van der Waals surface area contributed by atoms with Gasteiger partial charge in [0.2, 0.25) is 0 Å². The Morgan fingerprint density at radius 3 is 2.70 bits per heavy atom. The quantitative estimate of drug-likeness (QED) is 0.326. The first-order chi connectivity index (χ1) is 22.2. The van der Waals surface area contributed by atoms with Crippen molar-refractivity contribution in [1.82, 2.24) is 19.8 Å². The zero-order valence-electron chi connectivity index (χ0n) is 26.2. The topological polar surface area (TPSA) is 88.8 Å². The summed E-state index contributed by atoms with van der Waals surface area (Å²) < 4.78 is 20.1. The van der Waals surface area contributed by atoms with Crippen molar-refractivity contribution < 1.29 is 13.9 Å². The average molecular weight is 644 g/mol. The lowest BCUT2D eigenvalue weighted by molar-refractivity contribution is -0.131. The van der Waals surface area contributed by atoms with Gasteiger partial charge in [0.1, 0.15) is 12.4 Å². The van der Waals surface area contributed by atoms with Crippen molar-refractivity contribution in [2.24, 2.45) is 5.41 Å². The van der Waals surface area contributed by atoms with E-state index >= 15 is 0 Å². The summed E-state index contributed by atoms with van der Waals surface area (Å²) in [5.41, 5.74) is 3.36. The SMILES string of the molecule is C=C(F)C(=O)N1CCN(c2nc(OCC3CCCN3C)nc3c2CCC2(C3)CN(c3cccc4cccc(Cl)c34)C2)CC1CC#N. The van der Waals surface area contributed by atoms with Gasteiger partial charge in [-0.2, -0.15) is 15.2 Å². The van der Waals surface area contributed by atoms with Crippen LogP contribution in [0.15, 0.2) is 48.8 Å². The van der Waals surface area contributed by atoms with Gasteiger partial charge < -0.3 is 24.3 Å². The lowest BCUT2D eigenvalue weighted by Crippen LogP contribution is -2.59. The molecule has 3 saturated heterocycles. The Bertz CT molecular complexity index is 1720. The molecule has 11 heteroatoms. The number of anilines is 2. The van der Waals surface area contributed by atoms with Crippen LogP contribution >= 0.6 is 11.6 Å². The summed E-state index contributed by atoms with van der Waals surface area (Å²) in [7, 11) is 2.12. The Balaban J connectivity index is 1.16. The predicted molar refractivity (Wildman–Crippen MR) is 177 cm³/mol. The van der Waals surface area contributed by atoms with Crippen LogP contribution in [0, 0.1) is 16.7 Å². The molecule has 3 fully saturated rings. The number of fused-ring (bicyclic) bond motifs is 2. The Morgan fingerprint density at radius 2 is 1.96 bits per heavy atom. The summed E-state index contributed by atoms with van der Waals surface area (Å²) in [6.45, 7) is 7.73. The maximum absolute atomic E-state index is 13.8. The number of ether oxygens (including phenoxy) is 1. The van der Waals surface area contributed by atoms with Crippen molar-refractivity contribution in [1.29, 1.82) is 5.26 Å². The van der Waals surface area contributed by atoms with Crippen LogP contribution in [0.25, 0.3) is 10.8 Å². The molecule has 1 aliphatic carbocycles. The summed E-state index contributed by atoms with van der Waals surface area (Å²) in [4.78, 5) is 30.8. The van der Waals surface area contributed by atoms with Gasteiger partial charge in [-0.05, 0) is 63.2 Å². The summed E-state index contributed by atoms with van der Waals surface area (Å²) in [6, 6.07) is 14.8. The predicted octanol–water partition coefficient (Wildman–Crippen LogP) is 5.17. The molecule has 0 bridgehead atoms. The van der Waals surface area contributed by atoms with Crippen LogP contribution in [0.3, 0.4) is 0 Å². The van der Waals surface area contributed by atoms with Crippen molar-refractivity contribution in [2.45, 2.75) is 50.6 Å². The fourth-order valence-corrected chi connectivity index (χ4v) is 8.19. The van der Waals surface area contributed by atoms with Crippen LogP contribution in [0.2, 0.25) is 5.02 Å². The highest BCUT2D eigenvalue weighted by Gasteiger charge is 2.47. The number of carbonyl (C=O) groups excluding carboxylic acids is 1. The van der Waals surface area contributed by atoms with E-state index in [4.69, 9.17) is 26.3 Å². The molecule has 4 aliphatic rings. The number of halogens is 2. The first-order valence-electron chi connectivity index (χ1n) is 16.2. The van der Waals surface area contributed by atoms with Gasteiger partial charge in [-0.3, -0.25) is 4.79 Å². The molecule has 0 N–H and O–H groups in total. The number of likely N-dealkylation sites (tertiary alicyclic amines) is 1. The highest BCUT2D eigenvalue weighted by Crippen LogP contribution is 2.48. The van der Waals surface area contributed by atoms with Gasteiger partial charge in [-0.1, -0.05) is 42.4 Å². The molecule has 9 nitrogen and oxygen atoms in total. The molecule has 240 valence electrons. The van der Waals surface area contributed by atoms with E-state index in [0.29, 0.717) is 31.7 Å². The minimum atomic E-state index is -1.01. The zero-order valence-corrected chi connectivity index (χ0v) is 27.0. The van der Waals surface area contributed by atoms with E-state index in [1.807, 2.05) is 12.1 Å². The van der Waals surface area contributed by atoms with Gasteiger partial charge in [0.15, 0.2) is 5.83 Å². The van der Waals surface area contributed by atoms with E-state index < -0.39 is 17.8 Å². The fraction of sp³-hybridized carbons (Fsp3) is 0.486. The summed E-state index contributed by atoms with van der Waals surface area (Å²) in [5.74, 6) is -0.951. The third-order valence-corrected chi connectivity index (χ3v) is 10.7. The maximum Gasteiger partial charge on any atom is 0.318 e. The van der Waals surface area contributed by atoms with Crippen molar-refractivity contribution in [2.75, 3.05) is 62.7 Å². The molecular formula is C35H39ClFN7O2. The van der Waals surface area contributed by atoms with Crippen LogP contribution in [-0.2, 0) is 17.6 Å². The molecule has 0 radical (unpaired) electrons. The van der Waals surface area contributed by atoms with E-state index in [1.54, 1.807) is 0 Å². The lowest BCUT2D eigenvalue weighted by Gasteiger charge is -2.54. The first kappa shape index (κ1) is 30.7. The standard InChI is InChI=1S/C35H39ClFN7O2/c1-23(37)33(45)44-17-16-42(19-25(44)12-14-38)32-27-11-13-35(18-29(27)39-34(40-32)46-20-26-8-5-15-41(26)2)21-43(22-35)30-10-4-7-24-6-3-9-28(36)31(24)30/h3-4,6-7,9-10,25-26H,1,5,8,11-13,15-22H2,2H3. The molecule has 4 heterocycles. The van der Waals surface area contributed by atoms with Gasteiger partial charge in [0, 0.05) is 60.8 Å². The molecule has 46 heavy (non-hydrogen) atoms. The number of rotatable bonds is 7. The zero-order chi connectivity index (χ0) is 32.0. The molecule has 1 aromatic heterocycles. The van der Waals surface area contributed by atoms with E-state index in [2.05, 4.69) is 58.7 Å². The Labute approximate surface area is 274 Å². The van der Waals surface area contributed by atoms with Gasteiger partial charge in [0.25, 0.3) is 5.91 Å². The van der Waals surface area contributed by atoms with Crippen LogP contribution in [0.5, 0.6) is 6.01 Å². The first-order valence-corrected chi connectivity index (χ1v) is 16.6. The van der Waals surface area contributed by atoms with Crippen LogP contribution in [0.1, 0.15) is 36.9 Å². The molecule has 3 aromatic rings. The number of likely N-dealkylation sites (N-methyl/N-ethyl adjacent to an activating group) is 1. The third-order valence-electron chi connectivity index (χ3n) is 10.4. The number of benzene rings is 2. The van der Waals surface area contributed by atoms with E-state index in [1.165, 1.54) is 10.6 Å². The monoisotopic (exact) mass is 643 g/mol. The van der Waals surface area contributed by atoms with E-state index in [9.17, 15) is 14.4 Å². The molecule has 7 rings (SSSR count). The molecular weight excluding hydrogens is 605 g/mol. The third kappa shape index (κ3) is 5.64. The van der Waals surface area contributed by atoms with E-state index in [-0.39, 0.29) is 18.4 Å². The summed E-state index contributed by atoms with van der Waals surface area (Å²) in [5, 5.41) is 12.5. The highest BCUT2D eigenvalue weighted by atomic mass is 35.5. The van der Waals surface area contributed by atoms with Crippen LogP contribution < -0.4 is 14.5 Å². The molecule has 2 aromatic carbocycles. The number of piperazine rings is 1. The van der Waals surface area contributed by atoms with Gasteiger partial charge >= 0.3 is 6.01 Å². The number of hydrogen-bond acceptors (Lipinski definition) is 8. The summed E-state index contributed by atoms with van der Waals surface area (Å²) in [6.07, 6.45) is 4.96. The van der Waals surface area contributed by atoms with Crippen LogP contribution in [0.4, 0.5) is 15.9 Å². The smallest absolute Gasteiger partial charge is 0.318 e. The van der Waals surface area contributed by atoms with Crippen molar-refractivity contribution in [3.8, 4) is 12.1 Å². The average Bonchev–Trinajstić information content (AvgIpc) is 3.45. The Morgan fingerprint density at radius 1 is 1.15 bits per heavy atom. The minimum absolute atomic E-state index is 0.0843. The minimum Gasteiger partial charge on any atom is -0.462 e. The fourth-order valence-electron chi connectivity index (χ4n) is 7.91. The highest BCUT2D eigenvalue weighted by molar-refractivity contribution is 6.36. The van der Waals surface area contributed by atoms with Crippen molar-refractivity contribution in [3.05, 3.63) is 65.1 Å². The molecule has 2 atom stereocenters. The van der Waals surface area contributed by atoms with Crippen molar-refractivity contribution in [3.63, 3.8) is 0 Å². The molecule has 2 unspecified atom stereocenters. The van der Waals surface area contributed by atoms with Gasteiger partial charge in [-0.15, -0.1) is 0 Å². The normalized spacial score (nSPS) is 22.4. The lowest BCUT2D eigenvalue weighted by atomic mass is 9.67. The largest absolute Gasteiger partial charge is 0.462 e.